The van der Waals surface area contributed by atoms with Crippen molar-refractivity contribution in [3.63, 3.8) is 0 Å². The second-order valence-electron chi connectivity index (χ2n) is 5.65. The fourth-order valence-corrected chi connectivity index (χ4v) is 3.02. The molecule has 1 aromatic carbocycles. The first-order valence-electron chi connectivity index (χ1n) is 7.78. The van der Waals surface area contributed by atoms with Crippen LogP contribution in [0.1, 0.15) is 23.4 Å². The summed E-state index contributed by atoms with van der Waals surface area (Å²) in [7, 11) is 0. The second-order valence-corrected chi connectivity index (χ2v) is 6.85. The number of carbonyl (C=O) groups is 1. The van der Waals surface area contributed by atoms with Crippen LogP contribution in [0, 0.1) is 6.92 Å². The molecule has 142 valence electrons. The SMILES string of the molecule is Cc1c(Br)c(C(F)F)nn1CC(=O)Nc1ncn(Cc2ccccc2Cl)n1. The van der Waals surface area contributed by atoms with Gasteiger partial charge >= 0.3 is 0 Å². The molecule has 0 bridgehead atoms. The lowest BCUT2D eigenvalue weighted by molar-refractivity contribution is -0.117. The van der Waals surface area contributed by atoms with Crippen LogP contribution in [0.3, 0.4) is 0 Å². The van der Waals surface area contributed by atoms with E-state index in [1.54, 1.807) is 13.0 Å². The highest BCUT2D eigenvalue weighted by Crippen LogP contribution is 2.28. The molecular weight excluding hydrogens is 446 g/mol. The summed E-state index contributed by atoms with van der Waals surface area (Å²) in [6.07, 6.45) is -1.27. The number of rotatable bonds is 6. The number of halogens is 4. The molecule has 2 aromatic heterocycles. The van der Waals surface area contributed by atoms with Crippen molar-refractivity contribution in [1.82, 2.24) is 24.5 Å². The van der Waals surface area contributed by atoms with Gasteiger partial charge in [0.25, 0.3) is 6.43 Å². The van der Waals surface area contributed by atoms with Crippen molar-refractivity contribution in [2.45, 2.75) is 26.4 Å². The summed E-state index contributed by atoms with van der Waals surface area (Å²) >= 11 is 9.17. The van der Waals surface area contributed by atoms with E-state index in [1.807, 2.05) is 18.2 Å². The Morgan fingerprint density at radius 1 is 1.33 bits per heavy atom. The largest absolute Gasteiger partial charge is 0.292 e. The minimum absolute atomic E-state index is 0.102. The van der Waals surface area contributed by atoms with Gasteiger partial charge in [0, 0.05) is 5.02 Å². The lowest BCUT2D eigenvalue weighted by atomic mass is 10.2. The lowest BCUT2D eigenvalue weighted by Gasteiger charge is -2.04. The van der Waals surface area contributed by atoms with Crippen molar-refractivity contribution in [3.8, 4) is 0 Å². The number of alkyl halides is 2. The molecule has 7 nitrogen and oxygen atoms in total. The van der Waals surface area contributed by atoms with E-state index in [1.165, 1.54) is 15.7 Å². The predicted octanol–water partition coefficient (Wildman–Crippen LogP) is 3.82. The maximum Gasteiger partial charge on any atom is 0.283 e. The van der Waals surface area contributed by atoms with Crippen LogP contribution in [0.25, 0.3) is 0 Å². The lowest BCUT2D eigenvalue weighted by Crippen LogP contribution is -2.21. The van der Waals surface area contributed by atoms with Crippen LogP contribution in [0.2, 0.25) is 5.02 Å². The van der Waals surface area contributed by atoms with Gasteiger partial charge in [0.2, 0.25) is 11.9 Å². The molecule has 2 heterocycles. The zero-order chi connectivity index (χ0) is 19.6. The molecule has 0 radical (unpaired) electrons. The maximum absolute atomic E-state index is 12.9. The van der Waals surface area contributed by atoms with Crippen LogP contribution in [0.4, 0.5) is 14.7 Å². The maximum atomic E-state index is 12.9. The van der Waals surface area contributed by atoms with E-state index in [-0.39, 0.29) is 17.0 Å². The molecule has 1 amide bonds. The highest BCUT2D eigenvalue weighted by atomic mass is 79.9. The Labute approximate surface area is 166 Å². The number of hydrogen-bond acceptors (Lipinski definition) is 4. The van der Waals surface area contributed by atoms with Crippen molar-refractivity contribution in [3.05, 3.63) is 57.0 Å². The minimum atomic E-state index is -2.73. The zero-order valence-electron chi connectivity index (χ0n) is 14.0. The van der Waals surface area contributed by atoms with Gasteiger partial charge in [-0.15, -0.1) is 5.10 Å². The van der Waals surface area contributed by atoms with Crippen LogP contribution >= 0.6 is 27.5 Å². The normalized spacial score (nSPS) is 11.2. The van der Waals surface area contributed by atoms with Gasteiger partial charge in [-0.25, -0.2) is 18.4 Å². The van der Waals surface area contributed by atoms with Gasteiger partial charge in [0.15, 0.2) is 0 Å². The van der Waals surface area contributed by atoms with E-state index in [4.69, 9.17) is 11.6 Å². The monoisotopic (exact) mass is 458 g/mol. The molecule has 0 aliphatic rings. The molecule has 11 heteroatoms. The Bertz CT molecular complexity index is 974. The Kier molecular flexibility index (Phi) is 5.85. The Morgan fingerprint density at radius 2 is 2.07 bits per heavy atom. The first-order chi connectivity index (χ1) is 12.8. The molecule has 0 fully saturated rings. The van der Waals surface area contributed by atoms with Crippen molar-refractivity contribution in [2.24, 2.45) is 0 Å². The highest BCUT2D eigenvalue weighted by molar-refractivity contribution is 9.10. The van der Waals surface area contributed by atoms with Gasteiger partial charge in [-0.1, -0.05) is 29.8 Å². The van der Waals surface area contributed by atoms with E-state index < -0.39 is 18.0 Å². The number of anilines is 1. The van der Waals surface area contributed by atoms with Gasteiger partial charge in [0.1, 0.15) is 18.6 Å². The first kappa shape index (κ1) is 19.4. The molecule has 0 saturated heterocycles. The van der Waals surface area contributed by atoms with Gasteiger partial charge in [0.05, 0.1) is 16.7 Å². The summed E-state index contributed by atoms with van der Waals surface area (Å²) < 4.78 is 28.7. The van der Waals surface area contributed by atoms with Crippen LogP contribution in [0.5, 0.6) is 0 Å². The van der Waals surface area contributed by atoms with E-state index in [0.717, 1.165) is 5.56 Å². The van der Waals surface area contributed by atoms with Crippen LogP contribution in [-0.4, -0.2) is 30.5 Å². The fraction of sp³-hybridized carbons (Fsp3) is 0.250. The Hall–Kier alpha value is -2.33. The van der Waals surface area contributed by atoms with Gasteiger partial charge in [-0.3, -0.25) is 14.8 Å². The Morgan fingerprint density at radius 3 is 2.74 bits per heavy atom. The molecule has 3 rings (SSSR count). The summed E-state index contributed by atoms with van der Waals surface area (Å²) in [6, 6.07) is 7.32. The predicted molar refractivity (Wildman–Crippen MR) is 98.8 cm³/mol. The van der Waals surface area contributed by atoms with E-state index in [9.17, 15) is 13.6 Å². The molecule has 0 saturated carbocycles. The summed E-state index contributed by atoms with van der Waals surface area (Å²) in [6.45, 7) is 1.74. The van der Waals surface area contributed by atoms with Crippen LogP contribution < -0.4 is 5.32 Å². The molecule has 1 N–H and O–H groups in total. The third-order valence-electron chi connectivity index (χ3n) is 3.74. The summed E-state index contributed by atoms with van der Waals surface area (Å²) in [5, 5.41) is 11.0. The number of benzene rings is 1. The number of aromatic nitrogens is 5. The first-order valence-corrected chi connectivity index (χ1v) is 8.96. The molecule has 3 aromatic rings. The number of hydrogen-bond donors (Lipinski definition) is 1. The van der Waals surface area contributed by atoms with Crippen molar-refractivity contribution in [2.75, 3.05) is 5.32 Å². The third kappa shape index (κ3) is 4.51. The highest BCUT2D eigenvalue weighted by Gasteiger charge is 2.21. The topological polar surface area (TPSA) is 77.6 Å². The van der Waals surface area contributed by atoms with Crippen LogP contribution in [-0.2, 0) is 17.9 Å². The molecule has 0 unspecified atom stereocenters. The molecule has 27 heavy (non-hydrogen) atoms. The number of nitrogens with zero attached hydrogens (tertiary/aromatic N) is 5. The van der Waals surface area contributed by atoms with Crippen molar-refractivity contribution >= 4 is 39.4 Å². The second kappa shape index (κ2) is 8.13. The average molecular weight is 460 g/mol. The standard InChI is InChI=1S/C16H14BrClF2N6O/c1-9-13(17)14(15(19)20)23-26(9)7-12(27)22-16-21-8-25(24-16)6-10-4-2-3-5-11(10)18/h2-5,8,15H,6-7H2,1H3,(H,22,24,27). The zero-order valence-corrected chi connectivity index (χ0v) is 16.4. The molecule has 0 spiro atoms. The number of nitrogens with one attached hydrogen (secondary N) is 1. The number of carbonyl (C=O) groups excluding carboxylic acids is 1. The van der Waals surface area contributed by atoms with Gasteiger partial charge in [-0.2, -0.15) is 5.10 Å². The average Bonchev–Trinajstić information content (AvgIpc) is 3.16. The molecule has 0 aliphatic carbocycles. The third-order valence-corrected chi connectivity index (χ3v) is 5.08. The van der Waals surface area contributed by atoms with E-state index >= 15 is 0 Å². The summed E-state index contributed by atoms with van der Waals surface area (Å²) in [4.78, 5) is 16.2. The van der Waals surface area contributed by atoms with Gasteiger partial charge in [-0.05, 0) is 34.5 Å². The smallest absolute Gasteiger partial charge is 0.283 e. The number of amides is 1. The van der Waals surface area contributed by atoms with E-state index in [0.29, 0.717) is 17.3 Å². The molecule has 0 atom stereocenters. The van der Waals surface area contributed by atoms with Crippen LogP contribution in [0.15, 0.2) is 35.1 Å². The fourth-order valence-electron chi connectivity index (χ4n) is 2.37. The summed E-state index contributed by atoms with van der Waals surface area (Å²) in [5.74, 6) is -0.380. The minimum Gasteiger partial charge on any atom is -0.292 e. The molecule has 0 aliphatic heterocycles. The van der Waals surface area contributed by atoms with Crippen molar-refractivity contribution in [1.29, 1.82) is 0 Å². The quantitative estimate of drug-likeness (QED) is 0.608. The molecular formula is C16H14BrClF2N6O. The van der Waals surface area contributed by atoms with E-state index in [2.05, 4.69) is 36.4 Å². The van der Waals surface area contributed by atoms with Gasteiger partial charge < -0.3 is 0 Å². The Balaban J connectivity index is 1.65. The van der Waals surface area contributed by atoms with Crippen molar-refractivity contribution < 1.29 is 13.6 Å². The summed E-state index contributed by atoms with van der Waals surface area (Å²) in [5.41, 5.74) is 0.888.